The van der Waals surface area contributed by atoms with Gasteiger partial charge in [0.05, 0.1) is 41.0 Å². The second-order valence-corrected chi connectivity index (χ2v) is 7.82. The molecule has 1 aliphatic heterocycles. The number of allylic oxidation sites excluding steroid dienone is 1. The Balaban J connectivity index is 1.83. The van der Waals surface area contributed by atoms with Gasteiger partial charge >= 0.3 is 5.97 Å². The monoisotopic (exact) mass is 447 g/mol. The fourth-order valence-corrected chi connectivity index (χ4v) is 4.20. The molecular weight excluding hydrogens is 426 g/mol. The maximum absolute atomic E-state index is 12.7. The summed E-state index contributed by atoms with van der Waals surface area (Å²) in [5, 5.41) is 22.4. The zero-order valence-corrected chi connectivity index (χ0v) is 18.2. The zero-order chi connectivity index (χ0) is 22.9. The number of nitrogens with one attached hydrogen (secondary N) is 1. The highest BCUT2D eigenvalue weighted by Gasteiger charge is 2.40. The lowest BCUT2D eigenvalue weighted by Gasteiger charge is -2.29. The van der Waals surface area contributed by atoms with Crippen molar-refractivity contribution in [2.24, 2.45) is 5.92 Å². The summed E-state index contributed by atoms with van der Waals surface area (Å²) in [4.78, 5) is 24.9. The molecule has 0 fully saturated rings. The van der Waals surface area contributed by atoms with Crippen molar-refractivity contribution in [2.75, 3.05) is 12.4 Å². The molecule has 0 aromatic heterocycles. The van der Waals surface area contributed by atoms with E-state index in [0.29, 0.717) is 17.9 Å². The van der Waals surface area contributed by atoms with Gasteiger partial charge in [0.2, 0.25) is 5.91 Å². The number of carbonyl (C=O) groups excluding carboxylic acids is 2. The zero-order valence-electron chi connectivity index (χ0n) is 17.4. The highest BCUT2D eigenvalue weighted by Crippen LogP contribution is 2.42. The first-order valence-electron chi connectivity index (χ1n) is 9.97. The van der Waals surface area contributed by atoms with E-state index in [1.54, 1.807) is 24.3 Å². The van der Waals surface area contributed by atoms with Gasteiger partial charge < -0.3 is 14.8 Å². The van der Waals surface area contributed by atoms with Gasteiger partial charge in [0.15, 0.2) is 0 Å². The number of hydrogen-bond acceptors (Lipinski definition) is 7. The van der Waals surface area contributed by atoms with Crippen LogP contribution in [0.4, 0.5) is 0 Å². The quantitative estimate of drug-likeness (QED) is 0.615. The Kier molecular flexibility index (Phi) is 7.91. The summed E-state index contributed by atoms with van der Waals surface area (Å²) in [5.41, 5.74) is 1.65. The number of nitrogens with zero attached hydrogens (tertiary/aromatic N) is 2. The maximum Gasteiger partial charge on any atom is 0.316 e. The average molecular weight is 448 g/mol. The van der Waals surface area contributed by atoms with E-state index in [1.165, 1.54) is 0 Å². The van der Waals surface area contributed by atoms with Crippen molar-refractivity contribution in [3.05, 3.63) is 76.3 Å². The number of esters is 1. The second kappa shape index (κ2) is 11.0. The Bertz CT molecular complexity index is 1100. The Morgan fingerprint density at radius 2 is 1.84 bits per heavy atom. The summed E-state index contributed by atoms with van der Waals surface area (Å²) in [7, 11) is 0. The van der Waals surface area contributed by atoms with Crippen LogP contribution in [0.1, 0.15) is 24.0 Å². The first-order chi connectivity index (χ1) is 15.6. The van der Waals surface area contributed by atoms with Crippen LogP contribution < -0.4 is 10.1 Å². The fraction of sp³-hybridized carbons (Fsp3) is 0.250. The molecule has 0 aliphatic carbocycles. The van der Waals surface area contributed by atoms with Crippen molar-refractivity contribution in [1.82, 2.24) is 5.32 Å². The molecule has 0 spiro atoms. The van der Waals surface area contributed by atoms with Crippen molar-refractivity contribution in [3.8, 4) is 17.9 Å². The van der Waals surface area contributed by atoms with Gasteiger partial charge in [-0.1, -0.05) is 60.3 Å². The Labute approximate surface area is 190 Å². The third kappa shape index (κ3) is 5.29. The smallest absolute Gasteiger partial charge is 0.316 e. The molecule has 0 saturated carbocycles. The molecular formula is C24H21N3O4S. The number of benzene rings is 2. The van der Waals surface area contributed by atoms with Crippen molar-refractivity contribution in [1.29, 1.82) is 10.5 Å². The number of hydrogen-bond donors (Lipinski definition) is 1. The minimum atomic E-state index is -1.10. The third-order valence-corrected chi connectivity index (χ3v) is 5.79. The van der Waals surface area contributed by atoms with Gasteiger partial charge in [0, 0.05) is 5.56 Å². The molecule has 1 amide bonds. The molecule has 1 aliphatic rings. The summed E-state index contributed by atoms with van der Waals surface area (Å²) < 4.78 is 10.9. The Hall–Kier alpha value is -3.75. The summed E-state index contributed by atoms with van der Waals surface area (Å²) in [6.45, 7) is 2.36. The lowest BCUT2D eigenvalue weighted by Crippen LogP contribution is -2.39. The molecule has 2 atom stereocenters. The van der Waals surface area contributed by atoms with Gasteiger partial charge in [-0.3, -0.25) is 9.59 Å². The van der Waals surface area contributed by atoms with Crippen molar-refractivity contribution in [3.63, 3.8) is 0 Å². The molecule has 3 rings (SSSR count). The molecule has 8 heteroatoms. The minimum absolute atomic E-state index is 0.0926. The van der Waals surface area contributed by atoms with Gasteiger partial charge in [0.25, 0.3) is 0 Å². The van der Waals surface area contributed by atoms with Crippen LogP contribution in [0, 0.1) is 28.6 Å². The predicted octanol–water partition coefficient (Wildman–Crippen LogP) is 3.65. The predicted molar refractivity (Wildman–Crippen MR) is 119 cm³/mol. The van der Waals surface area contributed by atoms with Crippen molar-refractivity contribution >= 4 is 23.6 Å². The molecule has 7 nitrogen and oxygen atoms in total. The molecule has 0 saturated heterocycles. The van der Waals surface area contributed by atoms with E-state index in [9.17, 15) is 20.1 Å². The standard InChI is InChI=1S/C24H21N3O4S/c1-2-30-20-11-7-6-10-17(20)22-18(12-25)23(29)27-24(19(22)13-26)32-15-21(28)31-14-16-8-4-3-5-9-16/h3-11,18,22H,2,14-15H2,1H3,(H,27,29)/t18-,22-/m1/s1. The summed E-state index contributed by atoms with van der Waals surface area (Å²) >= 11 is 1.01. The molecule has 1 N–H and O–H groups in total. The maximum atomic E-state index is 12.7. The van der Waals surface area contributed by atoms with E-state index in [0.717, 1.165) is 17.3 Å². The normalized spacial score (nSPS) is 17.7. The average Bonchev–Trinajstić information content (AvgIpc) is 2.82. The van der Waals surface area contributed by atoms with Crippen molar-refractivity contribution < 1.29 is 19.1 Å². The molecule has 2 aromatic rings. The van der Waals surface area contributed by atoms with E-state index in [2.05, 4.69) is 11.4 Å². The fourth-order valence-electron chi connectivity index (χ4n) is 3.35. The highest BCUT2D eigenvalue weighted by atomic mass is 32.2. The van der Waals surface area contributed by atoms with E-state index in [1.807, 2.05) is 43.3 Å². The van der Waals surface area contributed by atoms with Crippen LogP contribution in [0.2, 0.25) is 0 Å². The van der Waals surface area contributed by atoms with Gasteiger partial charge in [-0.05, 0) is 18.6 Å². The number of nitriles is 2. The number of rotatable bonds is 8. The highest BCUT2D eigenvalue weighted by molar-refractivity contribution is 8.03. The van der Waals surface area contributed by atoms with Crippen LogP contribution in [-0.4, -0.2) is 24.2 Å². The van der Waals surface area contributed by atoms with Crippen LogP contribution >= 0.6 is 11.8 Å². The number of carbonyl (C=O) groups is 2. The summed E-state index contributed by atoms with van der Waals surface area (Å²) in [5.74, 6) is -2.49. The van der Waals surface area contributed by atoms with E-state index in [4.69, 9.17) is 9.47 Å². The minimum Gasteiger partial charge on any atom is -0.494 e. The Morgan fingerprint density at radius 3 is 2.53 bits per heavy atom. The van der Waals surface area contributed by atoms with E-state index >= 15 is 0 Å². The Morgan fingerprint density at radius 1 is 1.12 bits per heavy atom. The molecule has 2 aromatic carbocycles. The largest absolute Gasteiger partial charge is 0.494 e. The summed E-state index contributed by atoms with van der Waals surface area (Å²) in [6.07, 6.45) is 0. The number of ether oxygens (including phenoxy) is 2. The molecule has 0 bridgehead atoms. The number of para-hydroxylation sites is 1. The van der Waals surface area contributed by atoms with Crippen LogP contribution in [0.5, 0.6) is 5.75 Å². The molecule has 32 heavy (non-hydrogen) atoms. The summed E-state index contributed by atoms with van der Waals surface area (Å²) in [6, 6.07) is 20.4. The van der Waals surface area contributed by atoms with Gasteiger partial charge in [-0.15, -0.1) is 0 Å². The third-order valence-electron chi connectivity index (χ3n) is 4.80. The van der Waals surface area contributed by atoms with Crippen molar-refractivity contribution in [2.45, 2.75) is 19.4 Å². The first-order valence-corrected chi connectivity index (χ1v) is 11.0. The second-order valence-electron chi connectivity index (χ2n) is 6.83. The van der Waals surface area contributed by atoms with Crippen LogP contribution in [0.25, 0.3) is 0 Å². The lowest BCUT2D eigenvalue weighted by molar-refractivity contribution is -0.141. The lowest BCUT2D eigenvalue weighted by atomic mass is 9.79. The van der Waals surface area contributed by atoms with E-state index < -0.39 is 23.7 Å². The van der Waals surface area contributed by atoms with Gasteiger partial charge in [-0.25, -0.2) is 0 Å². The molecule has 0 radical (unpaired) electrons. The van der Waals surface area contributed by atoms with Crippen LogP contribution in [0.15, 0.2) is 65.2 Å². The van der Waals surface area contributed by atoms with E-state index in [-0.39, 0.29) is 23.0 Å². The molecule has 162 valence electrons. The topological polar surface area (TPSA) is 112 Å². The number of amides is 1. The van der Waals surface area contributed by atoms with Crippen LogP contribution in [-0.2, 0) is 20.9 Å². The van der Waals surface area contributed by atoms with Crippen LogP contribution in [0.3, 0.4) is 0 Å². The number of thioether (sulfide) groups is 1. The SMILES string of the molecule is CCOc1ccccc1[C@H]1C(C#N)=C(SCC(=O)OCc2ccccc2)NC(=O)[C@@H]1C#N. The van der Waals surface area contributed by atoms with Gasteiger partial charge in [-0.2, -0.15) is 10.5 Å². The first kappa shape index (κ1) is 22.9. The molecule has 1 heterocycles. The van der Waals surface area contributed by atoms with Gasteiger partial charge in [0.1, 0.15) is 18.3 Å². The molecule has 0 unspecified atom stereocenters.